The van der Waals surface area contributed by atoms with E-state index in [4.69, 9.17) is 20.8 Å². The fourth-order valence-electron chi connectivity index (χ4n) is 2.44. The van der Waals surface area contributed by atoms with Crippen LogP contribution in [0.15, 0.2) is 58.2 Å². The number of carbonyl (C=O) groups excluding carboxylic acids is 1. The van der Waals surface area contributed by atoms with Crippen molar-refractivity contribution >= 4 is 29.3 Å². The Labute approximate surface area is 166 Å². The number of thioether (sulfide) groups is 1. The van der Waals surface area contributed by atoms with Crippen LogP contribution in [0.25, 0.3) is 11.5 Å². The summed E-state index contributed by atoms with van der Waals surface area (Å²) in [6.45, 7) is 0.522. The lowest BCUT2D eigenvalue weighted by Crippen LogP contribution is -2.27. The molecule has 0 fully saturated rings. The average Bonchev–Trinajstić information content (AvgIpc) is 3.16. The van der Waals surface area contributed by atoms with Crippen molar-refractivity contribution in [3.05, 3.63) is 59.1 Å². The first-order valence-corrected chi connectivity index (χ1v) is 9.63. The van der Waals surface area contributed by atoms with E-state index in [0.717, 1.165) is 11.3 Å². The van der Waals surface area contributed by atoms with Crippen LogP contribution in [0, 0.1) is 0 Å². The lowest BCUT2D eigenvalue weighted by molar-refractivity contribution is -0.118. The van der Waals surface area contributed by atoms with Crippen LogP contribution >= 0.6 is 23.4 Å². The van der Waals surface area contributed by atoms with E-state index in [1.807, 2.05) is 36.4 Å². The van der Waals surface area contributed by atoms with Crippen molar-refractivity contribution in [2.24, 2.45) is 0 Å². The van der Waals surface area contributed by atoms with Gasteiger partial charge in [0.15, 0.2) is 0 Å². The van der Waals surface area contributed by atoms with E-state index in [9.17, 15) is 4.79 Å². The second-order valence-corrected chi connectivity index (χ2v) is 6.89. The molecule has 0 bridgehead atoms. The predicted octanol–water partition coefficient (Wildman–Crippen LogP) is 3.85. The molecule has 0 saturated carbocycles. The number of benzene rings is 2. The van der Waals surface area contributed by atoms with Crippen LogP contribution in [0.3, 0.4) is 0 Å². The lowest BCUT2D eigenvalue weighted by Gasteiger charge is -2.08. The van der Waals surface area contributed by atoms with Crippen LogP contribution < -0.4 is 10.1 Å². The average molecular weight is 404 g/mol. The summed E-state index contributed by atoms with van der Waals surface area (Å²) in [6.07, 6.45) is 0.692. The van der Waals surface area contributed by atoms with Gasteiger partial charge in [0, 0.05) is 6.54 Å². The summed E-state index contributed by atoms with van der Waals surface area (Å²) in [5.74, 6) is 1.24. The van der Waals surface area contributed by atoms with Gasteiger partial charge in [0.05, 0.1) is 23.4 Å². The number of methoxy groups -OCH3 is 1. The van der Waals surface area contributed by atoms with E-state index in [0.29, 0.717) is 34.7 Å². The standard InChI is InChI=1S/C19H18ClN3O3S/c1-25-16-9-5-2-6-13(16)10-11-21-17(24)12-27-19-23-22-18(26-19)14-7-3-4-8-15(14)20/h2-9H,10-12H2,1H3,(H,21,24). The molecular formula is C19H18ClN3O3S. The number of nitrogens with zero attached hydrogens (tertiary/aromatic N) is 2. The third-order valence-electron chi connectivity index (χ3n) is 3.75. The van der Waals surface area contributed by atoms with Gasteiger partial charge < -0.3 is 14.5 Å². The monoisotopic (exact) mass is 403 g/mol. The highest BCUT2D eigenvalue weighted by atomic mass is 35.5. The van der Waals surface area contributed by atoms with Gasteiger partial charge in [-0.25, -0.2) is 0 Å². The summed E-state index contributed by atoms with van der Waals surface area (Å²) in [7, 11) is 1.63. The molecule has 2 aromatic carbocycles. The Morgan fingerprint density at radius 2 is 1.96 bits per heavy atom. The molecule has 6 nitrogen and oxygen atoms in total. The highest BCUT2D eigenvalue weighted by molar-refractivity contribution is 7.99. The van der Waals surface area contributed by atoms with Gasteiger partial charge in [-0.15, -0.1) is 10.2 Å². The zero-order chi connectivity index (χ0) is 19.1. The topological polar surface area (TPSA) is 77.2 Å². The number of carbonyl (C=O) groups is 1. The first kappa shape index (κ1) is 19.3. The van der Waals surface area contributed by atoms with Gasteiger partial charge in [-0.2, -0.15) is 0 Å². The first-order chi connectivity index (χ1) is 13.2. The van der Waals surface area contributed by atoms with Crippen molar-refractivity contribution < 1.29 is 13.9 Å². The molecule has 3 aromatic rings. The second-order valence-electron chi connectivity index (χ2n) is 5.55. The third-order valence-corrected chi connectivity index (χ3v) is 4.89. The minimum absolute atomic E-state index is 0.104. The van der Waals surface area contributed by atoms with E-state index in [1.54, 1.807) is 19.2 Å². The highest BCUT2D eigenvalue weighted by Crippen LogP contribution is 2.28. The molecule has 3 rings (SSSR count). The number of halogens is 1. The van der Waals surface area contributed by atoms with Crippen LogP contribution in [0.1, 0.15) is 5.56 Å². The SMILES string of the molecule is COc1ccccc1CCNC(=O)CSc1nnc(-c2ccccc2Cl)o1. The summed E-state index contributed by atoms with van der Waals surface area (Å²) in [5, 5.41) is 11.7. The molecule has 1 aromatic heterocycles. The Balaban J connectivity index is 1.46. The van der Waals surface area contributed by atoms with Crippen LogP contribution in [-0.2, 0) is 11.2 Å². The summed E-state index contributed by atoms with van der Waals surface area (Å²) >= 11 is 7.30. The van der Waals surface area contributed by atoms with Gasteiger partial charge in [0.25, 0.3) is 5.22 Å². The van der Waals surface area contributed by atoms with E-state index in [2.05, 4.69) is 15.5 Å². The van der Waals surface area contributed by atoms with Gasteiger partial charge in [0.1, 0.15) is 5.75 Å². The van der Waals surface area contributed by atoms with Crippen LogP contribution in [0.5, 0.6) is 5.75 Å². The molecule has 8 heteroatoms. The number of ether oxygens (including phenoxy) is 1. The Hall–Kier alpha value is -2.51. The van der Waals surface area contributed by atoms with E-state index >= 15 is 0 Å². The van der Waals surface area contributed by atoms with Gasteiger partial charge in [-0.3, -0.25) is 4.79 Å². The smallest absolute Gasteiger partial charge is 0.277 e. The number of aromatic nitrogens is 2. The zero-order valence-corrected chi connectivity index (χ0v) is 16.2. The van der Waals surface area contributed by atoms with E-state index in [-0.39, 0.29) is 11.7 Å². The fourth-order valence-corrected chi connectivity index (χ4v) is 3.25. The Bertz CT molecular complexity index is 916. The Morgan fingerprint density at radius 1 is 1.19 bits per heavy atom. The summed E-state index contributed by atoms with van der Waals surface area (Å²) in [5.41, 5.74) is 1.72. The highest BCUT2D eigenvalue weighted by Gasteiger charge is 2.13. The first-order valence-electron chi connectivity index (χ1n) is 8.27. The molecule has 0 unspecified atom stereocenters. The summed E-state index contributed by atoms with van der Waals surface area (Å²) < 4.78 is 10.9. The van der Waals surface area contributed by atoms with Gasteiger partial charge in [-0.05, 0) is 30.2 Å². The number of para-hydroxylation sites is 1. The minimum Gasteiger partial charge on any atom is -0.496 e. The Morgan fingerprint density at radius 3 is 2.78 bits per heavy atom. The van der Waals surface area contributed by atoms with Crippen molar-refractivity contribution in [2.75, 3.05) is 19.4 Å². The quantitative estimate of drug-likeness (QED) is 0.575. The predicted molar refractivity (Wildman–Crippen MR) is 105 cm³/mol. The number of hydrogen-bond acceptors (Lipinski definition) is 6. The maximum absolute atomic E-state index is 12.0. The van der Waals surface area contributed by atoms with Crippen molar-refractivity contribution in [3.8, 4) is 17.2 Å². The number of hydrogen-bond donors (Lipinski definition) is 1. The van der Waals surface area contributed by atoms with Crippen LogP contribution in [0.4, 0.5) is 0 Å². The molecule has 0 aliphatic carbocycles. The molecule has 0 aliphatic heterocycles. The largest absolute Gasteiger partial charge is 0.496 e. The van der Waals surface area contributed by atoms with E-state index in [1.165, 1.54) is 11.8 Å². The molecule has 27 heavy (non-hydrogen) atoms. The molecule has 1 amide bonds. The van der Waals surface area contributed by atoms with Crippen molar-refractivity contribution in [2.45, 2.75) is 11.6 Å². The molecule has 1 N–H and O–H groups in total. The maximum Gasteiger partial charge on any atom is 0.277 e. The number of nitrogens with one attached hydrogen (secondary N) is 1. The molecule has 0 saturated heterocycles. The van der Waals surface area contributed by atoms with Crippen LogP contribution in [-0.4, -0.2) is 35.5 Å². The molecule has 0 atom stereocenters. The lowest BCUT2D eigenvalue weighted by atomic mass is 10.1. The van der Waals surface area contributed by atoms with Crippen molar-refractivity contribution in [1.82, 2.24) is 15.5 Å². The molecule has 140 valence electrons. The molecule has 1 heterocycles. The van der Waals surface area contributed by atoms with Gasteiger partial charge >= 0.3 is 0 Å². The minimum atomic E-state index is -0.104. The number of amides is 1. The maximum atomic E-state index is 12.0. The summed E-state index contributed by atoms with van der Waals surface area (Å²) in [4.78, 5) is 12.0. The Kier molecular flexibility index (Phi) is 6.73. The van der Waals surface area contributed by atoms with Gasteiger partial charge in [0.2, 0.25) is 11.8 Å². The molecule has 0 spiro atoms. The molecule has 0 aliphatic rings. The van der Waals surface area contributed by atoms with Gasteiger partial charge in [-0.1, -0.05) is 53.7 Å². The summed E-state index contributed by atoms with van der Waals surface area (Å²) in [6, 6.07) is 15.0. The zero-order valence-electron chi connectivity index (χ0n) is 14.6. The molecule has 0 radical (unpaired) electrons. The van der Waals surface area contributed by atoms with Crippen LogP contribution in [0.2, 0.25) is 5.02 Å². The van der Waals surface area contributed by atoms with E-state index < -0.39 is 0 Å². The molecular weight excluding hydrogens is 386 g/mol. The normalized spacial score (nSPS) is 10.6. The van der Waals surface area contributed by atoms with Crippen molar-refractivity contribution in [3.63, 3.8) is 0 Å². The fraction of sp³-hybridized carbons (Fsp3) is 0.211. The van der Waals surface area contributed by atoms with Crippen molar-refractivity contribution in [1.29, 1.82) is 0 Å². The number of rotatable bonds is 8. The third kappa shape index (κ3) is 5.24. The second kappa shape index (κ2) is 9.43.